The molecule has 3 fully saturated rings. The van der Waals surface area contributed by atoms with E-state index in [0.717, 1.165) is 12.6 Å². The monoisotopic (exact) mass is 382 g/mol. The van der Waals surface area contributed by atoms with E-state index < -0.39 is 21.4 Å². The zero-order valence-corrected chi connectivity index (χ0v) is 15.3. The number of hydrogen-bond acceptors (Lipinski definition) is 4. The fourth-order valence-electron chi connectivity index (χ4n) is 3.76. The Kier molecular flexibility index (Phi) is 4.53. The second-order valence-electron chi connectivity index (χ2n) is 7.72. The minimum Gasteiger partial charge on any atom is -0.372 e. The van der Waals surface area contributed by atoms with Crippen molar-refractivity contribution in [1.29, 1.82) is 0 Å². The van der Waals surface area contributed by atoms with E-state index in [1.807, 2.05) is 0 Å². The zero-order chi connectivity index (χ0) is 18.4. The second kappa shape index (κ2) is 6.58. The fourth-order valence-corrected chi connectivity index (χ4v) is 5.42. The van der Waals surface area contributed by atoms with Crippen LogP contribution in [0.2, 0.25) is 0 Å². The van der Waals surface area contributed by atoms with Crippen LogP contribution in [-0.2, 0) is 19.6 Å². The van der Waals surface area contributed by atoms with Gasteiger partial charge in [0, 0.05) is 26.1 Å². The number of hydrogen-bond donors (Lipinski definition) is 1. The Balaban J connectivity index is 1.31. The molecule has 26 heavy (non-hydrogen) atoms. The Morgan fingerprint density at radius 1 is 1.27 bits per heavy atom. The van der Waals surface area contributed by atoms with Crippen molar-refractivity contribution in [3.63, 3.8) is 0 Å². The van der Waals surface area contributed by atoms with Crippen LogP contribution in [0.25, 0.3) is 0 Å². The van der Waals surface area contributed by atoms with Gasteiger partial charge < -0.3 is 10.1 Å². The molecule has 1 spiro atoms. The molecular formula is C18H23FN2O4S. The maximum absolute atomic E-state index is 13.8. The summed E-state index contributed by atoms with van der Waals surface area (Å²) in [7, 11) is -3.85. The van der Waals surface area contributed by atoms with Gasteiger partial charge in [-0.1, -0.05) is 12.1 Å². The van der Waals surface area contributed by atoms with Crippen LogP contribution in [0.5, 0.6) is 0 Å². The van der Waals surface area contributed by atoms with Crippen molar-refractivity contribution in [3.8, 4) is 0 Å². The van der Waals surface area contributed by atoms with Crippen LogP contribution in [0.4, 0.5) is 4.39 Å². The van der Waals surface area contributed by atoms with Crippen LogP contribution in [0.3, 0.4) is 0 Å². The number of sulfonamides is 1. The predicted octanol–water partition coefficient (Wildman–Crippen LogP) is 1.52. The van der Waals surface area contributed by atoms with Gasteiger partial charge in [-0.3, -0.25) is 4.79 Å². The Labute approximate surface area is 152 Å². The molecule has 4 rings (SSSR count). The highest BCUT2D eigenvalue weighted by molar-refractivity contribution is 7.89. The first-order chi connectivity index (χ1) is 12.4. The highest BCUT2D eigenvalue weighted by Gasteiger charge is 2.54. The van der Waals surface area contributed by atoms with E-state index in [-0.39, 0.29) is 29.8 Å². The Bertz CT molecular complexity index is 803. The van der Waals surface area contributed by atoms with E-state index in [2.05, 4.69) is 5.32 Å². The molecule has 1 amide bonds. The SMILES string of the molecule is O=C(CC1COC2(C1)CN(S(=O)(=O)c1ccccc1F)C2)NCC1CC1. The third kappa shape index (κ3) is 3.50. The van der Waals surface area contributed by atoms with Gasteiger partial charge in [0.25, 0.3) is 0 Å². The van der Waals surface area contributed by atoms with E-state index in [9.17, 15) is 17.6 Å². The van der Waals surface area contributed by atoms with Crippen molar-refractivity contribution in [3.05, 3.63) is 30.1 Å². The maximum atomic E-state index is 13.8. The number of nitrogens with zero attached hydrogens (tertiary/aromatic N) is 1. The van der Waals surface area contributed by atoms with Crippen molar-refractivity contribution in [2.75, 3.05) is 26.2 Å². The quantitative estimate of drug-likeness (QED) is 0.810. The average molecular weight is 382 g/mol. The summed E-state index contributed by atoms with van der Waals surface area (Å²) in [6.07, 6.45) is 3.46. The summed E-state index contributed by atoms with van der Waals surface area (Å²) < 4.78 is 46.0. The molecule has 3 aliphatic rings. The van der Waals surface area contributed by atoms with Crippen LogP contribution in [0.1, 0.15) is 25.7 Å². The molecule has 1 N–H and O–H groups in total. The topological polar surface area (TPSA) is 75.7 Å². The first-order valence-corrected chi connectivity index (χ1v) is 10.5. The van der Waals surface area contributed by atoms with Crippen LogP contribution in [0, 0.1) is 17.7 Å². The van der Waals surface area contributed by atoms with Gasteiger partial charge in [0.1, 0.15) is 10.7 Å². The van der Waals surface area contributed by atoms with Crippen molar-refractivity contribution in [2.24, 2.45) is 11.8 Å². The fraction of sp³-hybridized carbons (Fsp3) is 0.611. The molecule has 6 nitrogen and oxygen atoms in total. The average Bonchev–Trinajstić information content (AvgIpc) is 3.30. The van der Waals surface area contributed by atoms with Crippen molar-refractivity contribution >= 4 is 15.9 Å². The van der Waals surface area contributed by atoms with Crippen molar-refractivity contribution in [2.45, 2.75) is 36.2 Å². The van der Waals surface area contributed by atoms with Gasteiger partial charge in [0.2, 0.25) is 15.9 Å². The van der Waals surface area contributed by atoms with Gasteiger partial charge in [-0.05, 0) is 43.2 Å². The molecule has 142 valence electrons. The minimum absolute atomic E-state index is 0.0395. The van der Waals surface area contributed by atoms with E-state index in [0.29, 0.717) is 25.4 Å². The highest BCUT2D eigenvalue weighted by Crippen LogP contribution is 2.41. The number of nitrogens with one attached hydrogen (secondary N) is 1. The summed E-state index contributed by atoms with van der Waals surface area (Å²) in [5, 5.41) is 2.95. The minimum atomic E-state index is -3.85. The van der Waals surface area contributed by atoms with Gasteiger partial charge in [-0.2, -0.15) is 4.31 Å². The van der Waals surface area contributed by atoms with Crippen LogP contribution >= 0.6 is 0 Å². The molecule has 1 unspecified atom stereocenters. The Morgan fingerprint density at radius 2 is 2.00 bits per heavy atom. The lowest BCUT2D eigenvalue weighted by atomic mass is 9.87. The first-order valence-electron chi connectivity index (χ1n) is 9.03. The number of amides is 1. The lowest BCUT2D eigenvalue weighted by Crippen LogP contribution is -2.63. The summed E-state index contributed by atoms with van der Waals surface area (Å²) in [6, 6.07) is 5.39. The highest BCUT2D eigenvalue weighted by atomic mass is 32.2. The van der Waals surface area contributed by atoms with Crippen LogP contribution in [-0.4, -0.2) is 50.5 Å². The van der Waals surface area contributed by atoms with E-state index >= 15 is 0 Å². The third-order valence-electron chi connectivity index (χ3n) is 5.43. The lowest BCUT2D eigenvalue weighted by molar-refractivity contribution is -0.122. The first kappa shape index (κ1) is 17.9. The standard InChI is InChI=1S/C18H23FN2O4S/c19-15-3-1-2-4-16(15)26(23,24)21-11-18(12-21)8-14(10-25-18)7-17(22)20-9-13-5-6-13/h1-4,13-14H,5-12H2,(H,20,22). The maximum Gasteiger partial charge on any atom is 0.246 e. The number of halogens is 1. The largest absolute Gasteiger partial charge is 0.372 e. The molecule has 2 heterocycles. The van der Waals surface area contributed by atoms with Crippen LogP contribution < -0.4 is 5.32 Å². The molecule has 1 aromatic rings. The predicted molar refractivity (Wildman–Crippen MR) is 92.3 cm³/mol. The summed E-state index contributed by atoms with van der Waals surface area (Å²) in [5.41, 5.74) is -0.528. The molecule has 2 aliphatic heterocycles. The molecule has 1 aliphatic carbocycles. The number of benzene rings is 1. The van der Waals surface area contributed by atoms with E-state index in [1.165, 1.54) is 35.3 Å². The lowest BCUT2D eigenvalue weighted by Gasteiger charge is -2.46. The second-order valence-corrected chi connectivity index (χ2v) is 9.63. The number of carbonyl (C=O) groups excluding carboxylic acids is 1. The third-order valence-corrected chi connectivity index (χ3v) is 7.25. The van der Waals surface area contributed by atoms with E-state index in [4.69, 9.17) is 4.74 Å². The smallest absolute Gasteiger partial charge is 0.246 e. The number of rotatable bonds is 6. The van der Waals surface area contributed by atoms with Gasteiger partial charge in [0.15, 0.2) is 0 Å². The van der Waals surface area contributed by atoms with Crippen molar-refractivity contribution in [1.82, 2.24) is 9.62 Å². The number of carbonyl (C=O) groups is 1. The molecule has 1 aromatic carbocycles. The zero-order valence-electron chi connectivity index (χ0n) is 14.5. The Morgan fingerprint density at radius 3 is 2.69 bits per heavy atom. The molecule has 0 aromatic heterocycles. The van der Waals surface area contributed by atoms with Gasteiger partial charge in [-0.25, -0.2) is 12.8 Å². The molecule has 1 atom stereocenters. The van der Waals surface area contributed by atoms with Gasteiger partial charge in [0.05, 0.1) is 12.2 Å². The number of ether oxygens (including phenoxy) is 1. The summed E-state index contributed by atoms with van der Waals surface area (Å²) in [6.45, 7) is 1.64. The molecule has 8 heteroatoms. The molecule has 2 saturated heterocycles. The Hall–Kier alpha value is -1.51. The molecule has 0 bridgehead atoms. The summed E-state index contributed by atoms with van der Waals surface area (Å²) in [4.78, 5) is 11.7. The van der Waals surface area contributed by atoms with Gasteiger partial charge >= 0.3 is 0 Å². The molecule has 0 radical (unpaired) electrons. The summed E-state index contributed by atoms with van der Waals surface area (Å²) >= 11 is 0. The van der Waals surface area contributed by atoms with Gasteiger partial charge in [-0.15, -0.1) is 0 Å². The van der Waals surface area contributed by atoms with E-state index in [1.54, 1.807) is 0 Å². The normalized spacial score (nSPS) is 25.2. The molecular weight excluding hydrogens is 359 g/mol. The summed E-state index contributed by atoms with van der Waals surface area (Å²) in [5.74, 6) is 0.0464. The molecule has 1 saturated carbocycles. The van der Waals surface area contributed by atoms with Crippen LogP contribution in [0.15, 0.2) is 29.2 Å². The van der Waals surface area contributed by atoms with Crippen molar-refractivity contribution < 1.29 is 22.3 Å².